The summed E-state index contributed by atoms with van der Waals surface area (Å²) >= 11 is 4.96. The minimum absolute atomic E-state index is 0.234. The van der Waals surface area contributed by atoms with E-state index in [1.165, 1.54) is 0 Å². The van der Waals surface area contributed by atoms with Crippen LogP contribution in [0.2, 0.25) is 0 Å². The van der Waals surface area contributed by atoms with Crippen LogP contribution in [0.1, 0.15) is 35.0 Å². The molecule has 0 spiro atoms. The van der Waals surface area contributed by atoms with Gasteiger partial charge in [0, 0.05) is 6.92 Å². The van der Waals surface area contributed by atoms with Gasteiger partial charge in [-0.3, -0.25) is 4.79 Å². The van der Waals surface area contributed by atoms with Crippen molar-refractivity contribution in [2.45, 2.75) is 32.7 Å². The molecule has 1 fully saturated rings. The highest BCUT2D eigenvalue weighted by molar-refractivity contribution is 7.80. The summed E-state index contributed by atoms with van der Waals surface area (Å²) < 4.78 is 5.25. The topological polar surface area (TPSA) is 81.2 Å². The Hall–Kier alpha value is -1.43. The number of oxazole rings is 1. The molecular weight excluding hydrogens is 238 g/mol. The van der Waals surface area contributed by atoms with Crippen molar-refractivity contribution < 1.29 is 9.21 Å². The molecule has 1 heterocycles. The van der Waals surface area contributed by atoms with Crippen LogP contribution in [0.5, 0.6) is 0 Å². The maximum atomic E-state index is 12.0. The first-order chi connectivity index (χ1) is 7.99. The maximum Gasteiger partial charge on any atom is 0.289 e. The van der Waals surface area contributed by atoms with E-state index in [0.717, 1.165) is 12.8 Å². The SMILES string of the molecule is Cc1nc(C)c(C(=O)NC(C(N)=S)C2CC2)o1. The summed E-state index contributed by atoms with van der Waals surface area (Å²) in [7, 11) is 0. The average Bonchev–Trinajstić information content (AvgIpc) is 3.00. The minimum Gasteiger partial charge on any atom is -0.436 e. The molecule has 1 unspecified atom stereocenters. The maximum absolute atomic E-state index is 12.0. The van der Waals surface area contributed by atoms with Gasteiger partial charge in [-0.15, -0.1) is 0 Å². The fourth-order valence-electron chi connectivity index (χ4n) is 1.80. The van der Waals surface area contributed by atoms with Crippen LogP contribution in [0.15, 0.2) is 4.42 Å². The van der Waals surface area contributed by atoms with E-state index in [0.29, 0.717) is 22.5 Å². The number of amides is 1. The second kappa shape index (κ2) is 4.44. The molecule has 1 aliphatic carbocycles. The van der Waals surface area contributed by atoms with Crippen molar-refractivity contribution in [1.29, 1.82) is 0 Å². The molecule has 1 amide bonds. The molecule has 5 nitrogen and oxygen atoms in total. The van der Waals surface area contributed by atoms with Gasteiger partial charge in [0.15, 0.2) is 5.89 Å². The lowest BCUT2D eigenvalue weighted by molar-refractivity contribution is 0.0913. The van der Waals surface area contributed by atoms with Crippen LogP contribution in [0.25, 0.3) is 0 Å². The Morgan fingerprint density at radius 2 is 2.24 bits per heavy atom. The van der Waals surface area contributed by atoms with Crippen LogP contribution in [-0.4, -0.2) is 21.9 Å². The number of rotatable bonds is 4. The van der Waals surface area contributed by atoms with E-state index in [9.17, 15) is 4.79 Å². The van der Waals surface area contributed by atoms with E-state index < -0.39 is 0 Å². The van der Waals surface area contributed by atoms with Crippen LogP contribution in [-0.2, 0) is 0 Å². The molecule has 1 aromatic rings. The second-order valence-corrected chi connectivity index (χ2v) is 4.81. The van der Waals surface area contributed by atoms with Gasteiger partial charge < -0.3 is 15.5 Å². The van der Waals surface area contributed by atoms with Gasteiger partial charge in [-0.2, -0.15) is 0 Å². The molecule has 2 rings (SSSR count). The quantitative estimate of drug-likeness (QED) is 0.785. The molecule has 0 radical (unpaired) electrons. The lowest BCUT2D eigenvalue weighted by atomic mass is 10.2. The molecular formula is C11H15N3O2S. The van der Waals surface area contributed by atoms with E-state index in [2.05, 4.69) is 10.3 Å². The van der Waals surface area contributed by atoms with E-state index in [1.54, 1.807) is 13.8 Å². The third-order valence-electron chi connectivity index (χ3n) is 2.80. The number of nitrogens with two attached hydrogens (primary N) is 1. The summed E-state index contributed by atoms with van der Waals surface area (Å²) in [4.78, 5) is 16.3. The predicted octanol–water partition coefficient (Wildman–Crippen LogP) is 1.09. The Kier molecular flexibility index (Phi) is 3.15. The molecule has 1 atom stereocenters. The summed E-state index contributed by atoms with van der Waals surface area (Å²) in [5.74, 6) is 0.795. The fraction of sp³-hybridized carbons (Fsp3) is 0.545. The summed E-state index contributed by atoms with van der Waals surface area (Å²) in [6, 6.07) is -0.234. The molecule has 0 saturated heterocycles. The Labute approximate surface area is 105 Å². The van der Waals surface area contributed by atoms with Gasteiger partial charge in [0.25, 0.3) is 5.91 Å². The van der Waals surface area contributed by atoms with Gasteiger partial charge in [0.1, 0.15) is 0 Å². The summed E-state index contributed by atoms with van der Waals surface area (Å²) in [6.07, 6.45) is 2.10. The zero-order chi connectivity index (χ0) is 12.6. The van der Waals surface area contributed by atoms with Gasteiger partial charge in [-0.1, -0.05) is 12.2 Å². The minimum atomic E-state index is -0.298. The zero-order valence-electron chi connectivity index (χ0n) is 9.82. The van der Waals surface area contributed by atoms with Crippen LogP contribution >= 0.6 is 12.2 Å². The van der Waals surface area contributed by atoms with Crippen molar-refractivity contribution in [1.82, 2.24) is 10.3 Å². The first kappa shape index (κ1) is 12.0. The van der Waals surface area contributed by atoms with E-state index >= 15 is 0 Å². The third-order valence-corrected chi connectivity index (χ3v) is 3.05. The molecule has 0 aromatic carbocycles. The standard InChI is InChI=1S/C11H15N3O2S/c1-5-9(16-6(2)13-5)11(15)14-8(10(12)17)7-3-4-7/h7-8H,3-4H2,1-2H3,(H2,12,17)(H,14,15). The van der Waals surface area contributed by atoms with Crippen molar-refractivity contribution in [3.63, 3.8) is 0 Å². The Morgan fingerprint density at radius 3 is 2.65 bits per heavy atom. The number of nitrogens with zero attached hydrogens (tertiary/aromatic N) is 1. The van der Waals surface area contributed by atoms with Gasteiger partial charge in [-0.25, -0.2) is 4.98 Å². The summed E-state index contributed by atoms with van der Waals surface area (Å²) in [5, 5.41) is 2.81. The zero-order valence-corrected chi connectivity index (χ0v) is 10.6. The number of aromatic nitrogens is 1. The monoisotopic (exact) mass is 253 g/mol. The second-order valence-electron chi connectivity index (χ2n) is 4.34. The molecule has 3 N–H and O–H groups in total. The van der Waals surface area contributed by atoms with Gasteiger partial charge in [-0.05, 0) is 25.7 Å². The van der Waals surface area contributed by atoms with Crippen LogP contribution < -0.4 is 11.1 Å². The van der Waals surface area contributed by atoms with E-state index in [-0.39, 0.29) is 17.7 Å². The Balaban J connectivity index is 2.10. The average molecular weight is 253 g/mol. The van der Waals surface area contributed by atoms with E-state index in [1.807, 2.05) is 0 Å². The lowest BCUT2D eigenvalue weighted by Gasteiger charge is -2.15. The first-order valence-electron chi connectivity index (χ1n) is 5.53. The molecule has 92 valence electrons. The highest BCUT2D eigenvalue weighted by Gasteiger charge is 2.35. The molecule has 1 saturated carbocycles. The van der Waals surface area contributed by atoms with Crippen molar-refractivity contribution >= 4 is 23.1 Å². The van der Waals surface area contributed by atoms with Crippen molar-refractivity contribution in [3.8, 4) is 0 Å². The van der Waals surface area contributed by atoms with Crippen molar-refractivity contribution in [2.24, 2.45) is 11.7 Å². The van der Waals surface area contributed by atoms with Gasteiger partial charge in [0.05, 0.1) is 16.7 Å². The summed E-state index contributed by atoms with van der Waals surface area (Å²) in [5.41, 5.74) is 6.20. The number of thiocarbonyl (C=S) groups is 1. The number of aryl methyl sites for hydroxylation is 2. The number of nitrogens with one attached hydrogen (secondary N) is 1. The number of carbonyl (C=O) groups is 1. The molecule has 0 bridgehead atoms. The number of hydrogen-bond acceptors (Lipinski definition) is 4. The fourth-order valence-corrected chi connectivity index (χ4v) is 2.05. The van der Waals surface area contributed by atoms with Gasteiger partial charge in [0.2, 0.25) is 5.76 Å². The smallest absolute Gasteiger partial charge is 0.289 e. The first-order valence-corrected chi connectivity index (χ1v) is 5.94. The van der Waals surface area contributed by atoms with Crippen LogP contribution in [0, 0.1) is 19.8 Å². The van der Waals surface area contributed by atoms with Crippen LogP contribution in [0.4, 0.5) is 0 Å². The lowest BCUT2D eigenvalue weighted by Crippen LogP contribution is -2.45. The highest BCUT2D eigenvalue weighted by atomic mass is 32.1. The number of carbonyl (C=O) groups excluding carboxylic acids is 1. The van der Waals surface area contributed by atoms with E-state index in [4.69, 9.17) is 22.4 Å². The third kappa shape index (κ3) is 2.63. The van der Waals surface area contributed by atoms with Crippen molar-refractivity contribution in [2.75, 3.05) is 0 Å². The molecule has 1 aliphatic rings. The predicted molar refractivity (Wildman–Crippen MR) is 66.7 cm³/mol. The van der Waals surface area contributed by atoms with Gasteiger partial charge >= 0.3 is 0 Å². The highest BCUT2D eigenvalue weighted by Crippen LogP contribution is 2.33. The van der Waals surface area contributed by atoms with Crippen molar-refractivity contribution in [3.05, 3.63) is 17.3 Å². The van der Waals surface area contributed by atoms with Crippen LogP contribution in [0.3, 0.4) is 0 Å². The number of hydrogen-bond donors (Lipinski definition) is 2. The molecule has 1 aromatic heterocycles. The Bertz CT molecular complexity index is 465. The molecule has 6 heteroatoms. The largest absolute Gasteiger partial charge is 0.436 e. The molecule has 0 aliphatic heterocycles. The normalized spacial score (nSPS) is 16.6. The summed E-state index contributed by atoms with van der Waals surface area (Å²) in [6.45, 7) is 3.44. The molecule has 17 heavy (non-hydrogen) atoms. The Morgan fingerprint density at radius 1 is 1.59 bits per heavy atom.